The highest BCUT2D eigenvalue weighted by Crippen LogP contribution is 2.26. The van der Waals surface area contributed by atoms with Crippen molar-refractivity contribution in [1.82, 2.24) is 0 Å². The highest BCUT2D eigenvalue weighted by atomic mass is 19.1. The molecule has 2 aromatic carbocycles. The van der Waals surface area contributed by atoms with Gasteiger partial charge in [0.25, 0.3) is 0 Å². The number of hydrogen-bond acceptors (Lipinski definition) is 3. The fourth-order valence-electron chi connectivity index (χ4n) is 1.66. The minimum absolute atomic E-state index is 0.0880. The Labute approximate surface area is 109 Å². The minimum atomic E-state index is -1.07. The first-order valence-electron chi connectivity index (χ1n) is 5.54. The van der Waals surface area contributed by atoms with Crippen molar-refractivity contribution in [2.75, 3.05) is 12.4 Å². The maximum atomic E-state index is 13.1. The van der Waals surface area contributed by atoms with E-state index in [9.17, 15) is 9.18 Å². The Hall–Kier alpha value is -2.56. The first-order valence-corrected chi connectivity index (χ1v) is 5.54. The molecule has 0 aliphatic heterocycles. The van der Waals surface area contributed by atoms with Crippen LogP contribution in [-0.2, 0) is 0 Å². The van der Waals surface area contributed by atoms with Crippen molar-refractivity contribution in [2.45, 2.75) is 0 Å². The lowest BCUT2D eigenvalue weighted by molar-refractivity contribution is 0.0698. The number of methoxy groups -OCH3 is 1. The van der Waals surface area contributed by atoms with Crippen molar-refractivity contribution in [1.29, 1.82) is 0 Å². The molecule has 0 bridgehead atoms. The number of benzene rings is 2. The topological polar surface area (TPSA) is 58.6 Å². The van der Waals surface area contributed by atoms with E-state index in [1.807, 2.05) is 0 Å². The molecule has 0 atom stereocenters. The van der Waals surface area contributed by atoms with Gasteiger partial charge >= 0.3 is 5.97 Å². The zero-order valence-electron chi connectivity index (χ0n) is 10.2. The maximum Gasteiger partial charge on any atom is 0.337 e. The predicted octanol–water partition coefficient (Wildman–Crippen LogP) is 3.28. The molecule has 4 nitrogen and oxygen atoms in total. The molecular formula is C14H12FNO3. The molecule has 0 amide bonds. The van der Waals surface area contributed by atoms with Gasteiger partial charge in [0.1, 0.15) is 11.6 Å². The normalized spacial score (nSPS) is 10.0. The van der Waals surface area contributed by atoms with Crippen LogP contribution in [0, 0.1) is 5.82 Å². The van der Waals surface area contributed by atoms with Crippen molar-refractivity contribution in [3.63, 3.8) is 0 Å². The molecule has 2 rings (SSSR count). The number of rotatable bonds is 4. The van der Waals surface area contributed by atoms with E-state index >= 15 is 0 Å². The molecule has 0 aliphatic carbocycles. The van der Waals surface area contributed by atoms with Crippen LogP contribution in [0.2, 0.25) is 0 Å². The Balaban J connectivity index is 2.39. The summed E-state index contributed by atoms with van der Waals surface area (Å²) in [5.41, 5.74) is 0.901. The summed E-state index contributed by atoms with van der Waals surface area (Å²) in [7, 11) is 1.49. The van der Waals surface area contributed by atoms with E-state index in [-0.39, 0.29) is 5.56 Å². The molecule has 0 radical (unpaired) electrons. The van der Waals surface area contributed by atoms with Gasteiger partial charge in [-0.05, 0) is 30.3 Å². The van der Waals surface area contributed by atoms with Gasteiger partial charge in [-0.25, -0.2) is 9.18 Å². The maximum absolute atomic E-state index is 13.1. The molecule has 5 heteroatoms. The van der Waals surface area contributed by atoms with Gasteiger partial charge in [0.2, 0.25) is 0 Å². The van der Waals surface area contributed by atoms with Gasteiger partial charge in [0.05, 0.1) is 18.4 Å². The van der Waals surface area contributed by atoms with Gasteiger partial charge in [-0.1, -0.05) is 6.07 Å². The lowest BCUT2D eigenvalue weighted by Gasteiger charge is -2.11. The number of carbonyl (C=O) groups is 1. The first-order chi connectivity index (χ1) is 9.10. The molecule has 0 saturated carbocycles. The Morgan fingerprint density at radius 2 is 2.05 bits per heavy atom. The van der Waals surface area contributed by atoms with Gasteiger partial charge in [0, 0.05) is 11.8 Å². The summed E-state index contributed by atoms with van der Waals surface area (Å²) in [4.78, 5) is 11.1. The molecule has 0 heterocycles. The molecule has 0 spiro atoms. The summed E-state index contributed by atoms with van der Waals surface area (Å²) in [6, 6.07) is 10.3. The molecule has 2 N–H and O–H groups in total. The van der Waals surface area contributed by atoms with Crippen LogP contribution in [0.15, 0.2) is 42.5 Å². The molecule has 0 saturated heterocycles. The monoisotopic (exact) mass is 261 g/mol. The van der Waals surface area contributed by atoms with Gasteiger partial charge in [-0.3, -0.25) is 0 Å². The molecule has 0 aliphatic rings. The zero-order valence-corrected chi connectivity index (χ0v) is 10.2. The summed E-state index contributed by atoms with van der Waals surface area (Å²) in [6.45, 7) is 0. The van der Waals surface area contributed by atoms with E-state index in [2.05, 4.69) is 5.32 Å². The number of aromatic carboxylic acids is 1. The van der Waals surface area contributed by atoms with Crippen LogP contribution in [0.1, 0.15) is 10.4 Å². The summed E-state index contributed by atoms with van der Waals surface area (Å²) < 4.78 is 18.1. The number of ether oxygens (including phenoxy) is 1. The van der Waals surface area contributed by atoms with Crippen LogP contribution in [0.3, 0.4) is 0 Å². The predicted molar refractivity (Wildman–Crippen MR) is 69.6 cm³/mol. The average molecular weight is 261 g/mol. The number of anilines is 2. The van der Waals surface area contributed by atoms with Crippen LogP contribution < -0.4 is 10.1 Å². The van der Waals surface area contributed by atoms with E-state index in [0.717, 1.165) is 0 Å². The highest BCUT2D eigenvalue weighted by molar-refractivity contribution is 5.95. The molecule has 0 aromatic heterocycles. The summed E-state index contributed by atoms with van der Waals surface area (Å²) >= 11 is 0. The van der Waals surface area contributed by atoms with Crippen LogP contribution >= 0.6 is 0 Å². The number of halogens is 1. The second kappa shape index (κ2) is 5.39. The molecule has 0 fully saturated rings. The van der Waals surface area contributed by atoms with Crippen molar-refractivity contribution < 1.29 is 19.0 Å². The SMILES string of the molecule is COc1ccc(C(=O)O)c(Nc2cccc(F)c2)c1. The second-order valence-electron chi connectivity index (χ2n) is 3.85. The Morgan fingerprint density at radius 3 is 2.68 bits per heavy atom. The van der Waals surface area contributed by atoms with E-state index in [0.29, 0.717) is 17.1 Å². The van der Waals surface area contributed by atoms with Crippen LogP contribution in [0.5, 0.6) is 5.75 Å². The zero-order chi connectivity index (χ0) is 13.8. The fourth-order valence-corrected chi connectivity index (χ4v) is 1.66. The van der Waals surface area contributed by atoms with E-state index in [1.165, 1.54) is 31.4 Å². The van der Waals surface area contributed by atoms with Gasteiger partial charge in [0.15, 0.2) is 0 Å². The highest BCUT2D eigenvalue weighted by Gasteiger charge is 2.11. The second-order valence-corrected chi connectivity index (χ2v) is 3.85. The third kappa shape index (κ3) is 3.01. The third-order valence-electron chi connectivity index (χ3n) is 2.56. The van der Waals surface area contributed by atoms with Crippen molar-refractivity contribution in [2.24, 2.45) is 0 Å². The van der Waals surface area contributed by atoms with Crippen molar-refractivity contribution >= 4 is 17.3 Å². The lowest BCUT2D eigenvalue weighted by atomic mass is 10.1. The quantitative estimate of drug-likeness (QED) is 0.886. The molecule has 98 valence electrons. The average Bonchev–Trinajstić information content (AvgIpc) is 2.38. The Kier molecular flexibility index (Phi) is 3.66. The van der Waals surface area contributed by atoms with Crippen molar-refractivity contribution in [3.8, 4) is 5.75 Å². The number of nitrogens with one attached hydrogen (secondary N) is 1. The number of hydrogen-bond donors (Lipinski definition) is 2. The molecule has 19 heavy (non-hydrogen) atoms. The Bertz CT molecular complexity index is 613. The molecule has 0 unspecified atom stereocenters. The Morgan fingerprint density at radius 1 is 1.26 bits per heavy atom. The largest absolute Gasteiger partial charge is 0.497 e. The fraction of sp³-hybridized carbons (Fsp3) is 0.0714. The number of carboxylic acid groups (broad SMARTS) is 1. The van der Waals surface area contributed by atoms with Crippen molar-refractivity contribution in [3.05, 3.63) is 53.8 Å². The van der Waals surface area contributed by atoms with E-state index < -0.39 is 11.8 Å². The first kappa shape index (κ1) is 12.9. The van der Waals surface area contributed by atoms with Crippen LogP contribution in [0.4, 0.5) is 15.8 Å². The van der Waals surface area contributed by atoms with Crippen LogP contribution in [0.25, 0.3) is 0 Å². The van der Waals surface area contributed by atoms with Gasteiger partial charge < -0.3 is 15.2 Å². The molecule has 2 aromatic rings. The van der Waals surface area contributed by atoms with Gasteiger partial charge in [-0.2, -0.15) is 0 Å². The third-order valence-corrected chi connectivity index (χ3v) is 2.56. The van der Waals surface area contributed by atoms with Gasteiger partial charge in [-0.15, -0.1) is 0 Å². The molecular weight excluding hydrogens is 249 g/mol. The van der Waals surface area contributed by atoms with E-state index in [4.69, 9.17) is 9.84 Å². The summed E-state index contributed by atoms with van der Waals surface area (Å²) in [5, 5.41) is 12.0. The van der Waals surface area contributed by atoms with Crippen LogP contribution in [-0.4, -0.2) is 18.2 Å². The standard InChI is InChI=1S/C14H12FNO3/c1-19-11-5-6-12(14(17)18)13(8-11)16-10-4-2-3-9(15)7-10/h2-8,16H,1H3,(H,17,18). The smallest absolute Gasteiger partial charge is 0.337 e. The number of carboxylic acids is 1. The summed E-state index contributed by atoms with van der Waals surface area (Å²) in [6.07, 6.45) is 0. The van der Waals surface area contributed by atoms with E-state index in [1.54, 1.807) is 18.2 Å². The lowest BCUT2D eigenvalue weighted by Crippen LogP contribution is -2.03. The summed E-state index contributed by atoms with van der Waals surface area (Å²) in [5.74, 6) is -0.949. The minimum Gasteiger partial charge on any atom is -0.497 e.